The Morgan fingerprint density at radius 2 is 1.75 bits per heavy atom. The maximum atomic E-state index is 13.1. The lowest BCUT2D eigenvalue weighted by Gasteiger charge is -2.09. The highest BCUT2D eigenvalue weighted by molar-refractivity contribution is 6.50. The number of aliphatic hydroxyl groups excluding tert-OH is 1. The molecule has 162 valence electrons. The number of ether oxygens (including phenoxy) is 1. The van der Waals surface area contributed by atoms with Gasteiger partial charge in [-0.1, -0.05) is 24.3 Å². The maximum Gasteiger partial charge on any atom is 0.259 e. The van der Waals surface area contributed by atoms with Gasteiger partial charge in [0.2, 0.25) is 0 Å². The Kier molecular flexibility index (Phi) is 4.83. The summed E-state index contributed by atoms with van der Waals surface area (Å²) in [5.41, 5.74) is 3.81. The average Bonchev–Trinajstić information content (AvgIpc) is 3.45. The molecular formula is C25H23N3O4. The van der Waals surface area contributed by atoms with Gasteiger partial charge in [-0.2, -0.15) is 0 Å². The fourth-order valence-electron chi connectivity index (χ4n) is 4.63. The van der Waals surface area contributed by atoms with Gasteiger partial charge >= 0.3 is 0 Å². The van der Waals surface area contributed by atoms with Crippen LogP contribution in [0.3, 0.4) is 0 Å². The first kappa shape index (κ1) is 20.1. The van der Waals surface area contributed by atoms with Gasteiger partial charge < -0.3 is 19.0 Å². The van der Waals surface area contributed by atoms with E-state index in [0.29, 0.717) is 41.0 Å². The molecule has 0 saturated carbocycles. The van der Waals surface area contributed by atoms with Crippen molar-refractivity contribution in [3.05, 3.63) is 66.0 Å². The van der Waals surface area contributed by atoms with Crippen LogP contribution >= 0.6 is 0 Å². The van der Waals surface area contributed by atoms with E-state index < -0.39 is 11.8 Å². The van der Waals surface area contributed by atoms with Crippen LogP contribution in [0.25, 0.3) is 33.0 Å². The van der Waals surface area contributed by atoms with E-state index in [1.807, 2.05) is 71.0 Å². The van der Waals surface area contributed by atoms with Gasteiger partial charge in [-0.05, 0) is 24.6 Å². The van der Waals surface area contributed by atoms with Gasteiger partial charge in [0.15, 0.2) is 0 Å². The van der Waals surface area contributed by atoms with E-state index in [4.69, 9.17) is 4.74 Å². The van der Waals surface area contributed by atoms with Crippen LogP contribution in [0.5, 0.6) is 5.75 Å². The zero-order valence-corrected chi connectivity index (χ0v) is 17.9. The Hall–Kier alpha value is -3.84. The van der Waals surface area contributed by atoms with Crippen LogP contribution in [0.1, 0.15) is 17.5 Å². The van der Waals surface area contributed by atoms with Gasteiger partial charge in [-0.15, -0.1) is 0 Å². The molecule has 1 aliphatic rings. The van der Waals surface area contributed by atoms with Crippen LogP contribution < -0.4 is 10.1 Å². The molecule has 5 rings (SSSR count). The number of nitrogens with zero attached hydrogens (tertiary/aromatic N) is 2. The fourth-order valence-corrected chi connectivity index (χ4v) is 4.63. The molecule has 7 nitrogen and oxygen atoms in total. The molecule has 2 aromatic heterocycles. The summed E-state index contributed by atoms with van der Waals surface area (Å²) in [6.45, 7) is 0.632. The quantitative estimate of drug-likeness (QED) is 0.461. The average molecular weight is 429 g/mol. The van der Waals surface area contributed by atoms with Crippen LogP contribution in [-0.2, 0) is 23.2 Å². The molecule has 1 aliphatic heterocycles. The van der Waals surface area contributed by atoms with Crippen LogP contribution in [0, 0.1) is 0 Å². The number of aryl methyl sites for hydroxylation is 2. The van der Waals surface area contributed by atoms with E-state index in [1.165, 1.54) is 0 Å². The van der Waals surface area contributed by atoms with Crippen LogP contribution in [0.4, 0.5) is 0 Å². The lowest BCUT2D eigenvalue weighted by molar-refractivity contribution is -0.122. The molecule has 0 unspecified atom stereocenters. The van der Waals surface area contributed by atoms with Crippen molar-refractivity contribution in [3.63, 3.8) is 0 Å². The van der Waals surface area contributed by atoms with Crippen molar-refractivity contribution in [2.24, 2.45) is 7.05 Å². The second kappa shape index (κ2) is 7.69. The molecule has 0 bridgehead atoms. The van der Waals surface area contributed by atoms with E-state index in [9.17, 15) is 14.7 Å². The minimum Gasteiger partial charge on any atom is -0.496 e. The van der Waals surface area contributed by atoms with E-state index in [-0.39, 0.29) is 6.61 Å². The lowest BCUT2D eigenvalue weighted by Crippen LogP contribution is -2.22. The highest BCUT2D eigenvalue weighted by Crippen LogP contribution is 2.41. The fraction of sp³-hybridized carbons (Fsp3) is 0.200. The third-order valence-corrected chi connectivity index (χ3v) is 6.01. The van der Waals surface area contributed by atoms with Crippen molar-refractivity contribution in [2.75, 3.05) is 13.7 Å². The van der Waals surface area contributed by atoms with E-state index in [1.54, 1.807) is 7.11 Å². The zero-order valence-electron chi connectivity index (χ0n) is 17.9. The SMILES string of the molecule is COc1cccc2c1c(C1=C(c3cccc4ccn(C)c34)C(=O)NC1=O)cn2CCCO. The van der Waals surface area contributed by atoms with E-state index in [0.717, 1.165) is 21.8 Å². The molecule has 3 heterocycles. The van der Waals surface area contributed by atoms with Gasteiger partial charge in [-0.25, -0.2) is 0 Å². The summed E-state index contributed by atoms with van der Waals surface area (Å²) in [4.78, 5) is 26.2. The molecular weight excluding hydrogens is 406 g/mol. The monoisotopic (exact) mass is 429 g/mol. The normalized spacial score (nSPS) is 14.1. The van der Waals surface area contributed by atoms with Gasteiger partial charge in [0.1, 0.15) is 5.75 Å². The smallest absolute Gasteiger partial charge is 0.259 e. The van der Waals surface area contributed by atoms with Crippen LogP contribution in [-0.4, -0.2) is 39.8 Å². The van der Waals surface area contributed by atoms with Crippen LogP contribution in [0.2, 0.25) is 0 Å². The molecule has 2 amide bonds. The van der Waals surface area contributed by atoms with Gasteiger partial charge in [0, 0.05) is 54.5 Å². The molecule has 7 heteroatoms. The lowest BCUT2D eigenvalue weighted by atomic mass is 9.94. The summed E-state index contributed by atoms with van der Waals surface area (Å²) in [6.07, 6.45) is 4.38. The maximum absolute atomic E-state index is 13.1. The highest BCUT2D eigenvalue weighted by Gasteiger charge is 2.35. The number of rotatable bonds is 6. The number of para-hydroxylation sites is 1. The summed E-state index contributed by atoms with van der Waals surface area (Å²) in [6, 6.07) is 13.4. The minimum atomic E-state index is -0.427. The Balaban J connectivity index is 1.86. The van der Waals surface area contributed by atoms with Crippen LogP contribution in [0.15, 0.2) is 54.9 Å². The zero-order chi connectivity index (χ0) is 22.4. The summed E-state index contributed by atoms with van der Waals surface area (Å²) in [5.74, 6) is -0.218. The first-order chi connectivity index (χ1) is 15.5. The molecule has 2 N–H and O–H groups in total. The number of amides is 2. The third kappa shape index (κ3) is 2.93. The second-order valence-corrected chi connectivity index (χ2v) is 7.87. The third-order valence-electron chi connectivity index (χ3n) is 6.01. The largest absolute Gasteiger partial charge is 0.496 e. The predicted molar refractivity (Wildman–Crippen MR) is 123 cm³/mol. The number of aliphatic hydroxyl groups is 1. The van der Waals surface area contributed by atoms with Crippen molar-refractivity contribution in [3.8, 4) is 5.75 Å². The molecule has 0 radical (unpaired) electrons. The number of hydrogen-bond donors (Lipinski definition) is 2. The molecule has 0 spiro atoms. The molecule has 0 fully saturated rings. The van der Waals surface area contributed by atoms with Gasteiger partial charge in [0.25, 0.3) is 11.8 Å². The number of fused-ring (bicyclic) bond motifs is 2. The molecule has 4 aromatic rings. The van der Waals surface area contributed by atoms with Crippen molar-refractivity contribution in [1.82, 2.24) is 14.5 Å². The minimum absolute atomic E-state index is 0.0569. The summed E-state index contributed by atoms with van der Waals surface area (Å²) >= 11 is 0. The Morgan fingerprint density at radius 1 is 1.00 bits per heavy atom. The molecule has 0 saturated heterocycles. The van der Waals surface area contributed by atoms with E-state index in [2.05, 4.69) is 5.32 Å². The number of aromatic nitrogens is 2. The predicted octanol–water partition coefficient (Wildman–Crippen LogP) is 3.09. The summed E-state index contributed by atoms with van der Waals surface area (Å²) in [7, 11) is 3.51. The Bertz CT molecular complexity index is 1420. The number of nitrogens with one attached hydrogen (secondary N) is 1. The number of carbonyl (C=O) groups is 2. The first-order valence-corrected chi connectivity index (χ1v) is 10.5. The number of benzene rings is 2. The Morgan fingerprint density at radius 3 is 2.50 bits per heavy atom. The number of imide groups is 1. The number of hydrogen-bond acceptors (Lipinski definition) is 4. The van der Waals surface area contributed by atoms with Crippen molar-refractivity contribution < 1.29 is 19.4 Å². The first-order valence-electron chi connectivity index (χ1n) is 10.5. The topological polar surface area (TPSA) is 85.5 Å². The molecule has 32 heavy (non-hydrogen) atoms. The van der Waals surface area contributed by atoms with Crippen molar-refractivity contribution >= 4 is 44.8 Å². The molecule has 2 aromatic carbocycles. The summed E-state index contributed by atoms with van der Waals surface area (Å²) < 4.78 is 9.57. The van der Waals surface area contributed by atoms with Gasteiger partial charge in [-0.3, -0.25) is 14.9 Å². The standard InChI is InChI=1S/C25H23N3O4/c1-27-12-10-15-6-3-7-16(23(15)27)21-22(25(31)26-24(21)30)17-14-28(11-5-13-29)18-8-4-9-19(32-2)20(17)18/h3-4,6-10,12,14,29H,5,11,13H2,1-2H3,(H,26,30,31). The van der Waals surface area contributed by atoms with Gasteiger partial charge in [0.05, 0.1) is 29.3 Å². The number of carbonyl (C=O) groups excluding carboxylic acids is 2. The van der Waals surface area contributed by atoms with Crippen molar-refractivity contribution in [1.29, 1.82) is 0 Å². The molecule has 0 aliphatic carbocycles. The highest BCUT2D eigenvalue weighted by atomic mass is 16.5. The van der Waals surface area contributed by atoms with E-state index >= 15 is 0 Å². The number of methoxy groups -OCH3 is 1. The Labute approximate surface area is 184 Å². The molecule has 0 atom stereocenters. The van der Waals surface area contributed by atoms with Crippen molar-refractivity contribution in [2.45, 2.75) is 13.0 Å². The summed E-state index contributed by atoms with van der Waals surface area (Å²) in [5, 5.41) is 13.6. The second-order valence-electron chi connectivity index (χ2n) is 7.87.